The molecule has 0 spiro atoms. The van der Waals surface area contributed by atoms with E-state index in [9.17, 15) is 4.79 Å². The van der Waals surface area contributed by atoms with Crippen LogP contribution in [-0.2, 0) is 11.3 Å². The lowest BCUT2D eigenvalue weighted by molar-refractivity contribution is 0.0506. The third kappa shape index (κ3) is 7.62. The monoisotopic (exact) mass is 380 g/mol. The summed E-state index contributed by atoms with van der Waals surface area (Å²) in [4.78, 5) is 11.6. The lowest BCUT2D eigenvalue weighted by atomic mass is 10.2. The van der Waals surface area contributed by atoms with Crippen molar-refractivity contribution in [3.05, 3.63) is 32.8 Å². The molecule has 0 saturated heterocycles. The highest BCUT2D eigenvalue weighted by atomic mass is 35.5. The molecule has 0 aliphatic carbocycles. The summed E-state index contributed by atoms with van der Waals surface area (Å²) in [6.45, 7) is 8.62. The molecule has 7 heteroatoms. The largest absolute Gasteiger partial charge is 0.444 e. The van der Waals surface area contributed by atoms with Crippen LogP contribution < -0.4 is 10.6 Å². The number of benzene rings is 1. The van der Waals surface area contributed by atoms with Crippen LogP contribution in [0.2, 0.25) is 15.1 Å². The van der Waals surface area contributed by atoms with Crippen LogP contribution in [0, 0.1) is 0 Å². The molecule has 1 aromatic carbocycles. The van der Waals surface area contributed by atoms with Gasteiger partial charge in [-0.25, -0.2) is 4.79 Å². The number of nitrogens with one attached hydrogen (secondary N) is 2. The Morgan fingerprint density at radius 3 is 2.43 bits per heavy atom. The Bertz CT molecular complexity index is 545. The van der Waals surface area contributed by atoms with Crippen LogP contribution >= 0.6 is 34.8 Å². The van der Waals surface area contributed by atoms with Crippen molar-refractivity contribution in [2.45, 2.75) is 52.3 Å². The highest BCUT2D eigenvalue weighted by Gasteiger charge is 2.17. The molecule has 0 aromatic heterocycles. The van der Waals surface area contributed by atoms with E-state index in [2.05, 4.69) is 10.6 Å². The summed E-state index contributed by atoms with van der Waals surface area (Å²) in [6.07, 6.45) is 0.334. The molecule has 1 rings (SSSR count). The SMILES string of the molecule is CC(CCNCc1c(Cl)ccc(Cl)c1Cl)NC(=O)OC(C)(C)C. The van der Waals surface area contributed by atoms with Crippen molar-refractivity contribution in [1.29, 1.82) is 0 Å². The standard InChI is InChI=1S/C16H23Cl3N2O2/c1-10(21-15(22)23-16(2,3)4)7-8-20-9-11-12(17)5-6-13(18)14(11)19/h5-6,10,20H,7-9H2,1-4H3,(H,21,22). The van der Waals surface area contributed by atoms with Gasteiger partial charge in [0.25, 0.3) is 0 Å². The Labute approximate surface area is 152 Å². The molecule has 0 aliphatic heterocycles. The molecule has 130 valence electrons. The number of carbonyl (C=O) groups excluding carboxylic acids is 1. The molecule has 0 fully saturated rings. The number of rotatable bonds is 6. The van der Waals surface area contributed by atoms with Crippen molar-refractivity contribution in [2.75, 3.05) is 6.54 Å². The lowest BCUT2D eigenvalue weighted by Gasteiger charge is -2.22. The van der Waals surface area contributed by atoms with Crippen molar-refractivity contribution >= 4 is 40.9 Å². The molecule has 2 N–H and O–H groups in total. The van der Waals surface area contributed by atoms with E-state index in [1.54, 1.807) is 12.1 Å². The third-order valence-electron chi connectivity index (χ3n) is 2.96. The minimum Gasteiger partial charge on any atom is -0.444 e. The summed E-state index contributed by atoms with van der Waals surface area (Å²) in [7, 11) is 0. The number of halogens is 3. The molecule has 1 aromatic rings. The Morgan fingerprint density at radius 2 is 1.83 bits per heavy atom. The van der Waals surface area contributed by atoms with Gasteiger partial charge >= 0.3 is 6.09 Å². The fourth-order valence-electron chi connectivity index (χ4n) is 1.84. The van der Waals surface area contributed by atoms with Gasteiger partial charge in [-0.05, 0) is 52.8 Å². The topological polar surface area (TPSA) is 50.4 Å². The molecule has 0 saturated carbocycles. The maximum atomic E-state index is 11.6. The van der Waals surface area contributed by atoms with E-state index in [0.717, 1.165) is 12.0 Å². The molecule has 0 radical (unpaired) electrons. The average Bonchev–Trinajstić information content (AvgIpc) is 2.40. The van der Waals surface area contributed by atoms with Crippen LogP contribution in [0.5, 0.6) is 0 Å². The number of ether oxygens (including phenoxy) is 1. The second-order valence-electron chi connectivity index (χ2n) is 6.33. The summed E-state index contributed by atoms with van der Waals surface area (Å²) < 4.78 is 5.21. The third-order valence-corrected chi connectivity index (χ3v) is 4.16. The summed E-state index contributed by atoms with van der Waals surface area (Å²) in [5, 5.41) is 7.56. The fourth-order valence-corrected chi connectivity index (χ4v) is 2.53. The van der Waals surface area contributed by atoms with Gasteiger partial charge in [0.2, 0.25) is 0 Å². The van der Waals surface area contributed by atoms with E-state index in [0.29, 0.717) is 28.2 Å². The quantitative estimate of drug-likeness (QED) is 0.536. The van der Waals surface area contributed by atoms with Gasteiger partial charge in [-0.3, -0.25) is 0 Å². The normalized spacial score (nSPS) is 12.8. The first kappa shape index (κ1) is 20.4. The minimum atomic E-state index is -0.498. The smallest absolute Gasteiger partial charge is 0.407 e. The summed E-state index contributed by atoms with van der Waals surface area (Å²) >= 11 is 18.2. The van der Waals surface area contributed by atoms with Gasteiger partial charge in [-0.2, -0.15) is 0 Å². The summed E-state index contributed by atoms with van der Waals surface area (Å²) in [5.41, 5.74) is 0.274. The van der Waals surface area contributed by atoms with Crippen LogP contribution in [0.15, 0.2) is 12.1 Å². The van der Waals surface area contributed by atoms with Crippen molar-refractivity contribution in [3.8, 4) is 0 Å². The van der Waals surface area contributed by atoms with Crippen LogP contribution in [0.4, 0.5) is 4.79 Å². The molecule has 0 heterocycles. The van der Waals surface area contributed by atoms with E-state index in [4.69, 9.17) is 39.5 Å². The highest BCUT2D eigenvalue weighted by Crippen LogP contribution is 2.31. The number of hydrogen-bond donors (Lipinski definition) is 2. The van der Waals surface area contributed by atoms with Gasteiger partial charge in [0.05, 0.1) is 10.0 Å². The zero-order valence-corrected chi connectivity index (χ0v) is 16.1. The van der Waals surface area contributed by atoms with E-state index in [1.807, 2.05) is 27.7 Å². The second kappa shape index (κ2) is 8.97. The molecule has 23 heavy (non-hydrogen) atoms. The molecular weight excluding hydrogens is 359 g/mol. The lowest BCUT2D eigenvalue weighted by Crippen LogP contribution is -2.38. The van der Waals surface area contributed by atoms with E-state index >= 15 is 0 Å². The van der Waals surface area contributed by atoms with Crippen LogP contribution in [0.3, 0.4) is 0 Å². The Balaban J connectivity index is 2.35. The van der Waals surface area contributed by atoms with Crippen LogP contribution in [0.1, 0.15) is 39.7 Å². The number of carbonyl (C=O) groups is 1. The molecule has 0 bridgehead atoms. The minimum absolute atomic E-state index is 0.0114. The number of alkyl carbamates (subject to hydrolysis) is 1. The van der Waals surface area contributed by atoms with Gasteiger partial charge < -0.3 is 15.4 Å². The summed E-state index contributed by atoms with van der Waals surface area (Å²) in [5.74, 6) is 0. The predicted octanol–water partition coefficient (Wildman–Crippen LogP) is 5.04. The number of amides is 1. The van der Waals surface area contributed by atoms with Crippen molar-refractivity contribution in [1.82, 2.24) is 10.6 Å². The van der Waals surface area contributed by atoms with E-state index in [-0.39, 0.29) is 6.04 Å². The number of hydrogen-bond acceptors (Lipinski definition) is 3. The first-order chi connectivity index (χ1) is 10.6. The average molecular weight is 382 g/mol. The maximum absolute atomic E-state index is 11.6. The van der Waals surface area contributed by atoms with Crippen molar-refractivity contribution < 1.29 is 9.53 Å². The first-order valence-electron chi connectivity index (χ1n) is 7.42. The first-order valence-corrected chi connectivity index (χ1v) is 8.56. The van der Waals surface area contributed by atoms with Gasteiger partial charge in [0, 0.05) is 23.2 Å². The van der Waals surface area contributed by atoms with Gasteiger partial charge in [-0.15, -0.1) is 0 Å². The van der Waals surface area contributed by atoms with Gasteiger partial charge in [0.15, 0.2) is 0 Å². The Hall–Kier alpha value is -0.680. The molecule has 1 unspecified atom stereocenters. The van der Waals surface area contributed by atoms with Crippen molar-refractivity contribution in [2.24, 2.45) is 0 Å². The molecular formula is C16H23Cl3N2O2. The van der Waals surface area contributed by atoms with Gasteiger partial charge in [-0.1, -0.05) is 34.8 Å². The van der Waals surface area contributed by atoms with E-state index < -0.39 is 11.7 Å². The highest BCUT2D eigenvalue weighted by molar-refractivity contribution is 6.44. The fraction of sp³-hybridized carbons (Fsp3) is 0.562. The molecule has 0 aliphatic rings. The van der Waals surface area contributed by atoms with Crippen molar-refractivity contribution in [3.63, 3.8) is 0 Å². The summed E-state index contributed by atoms with van der Waals surface area (Å²) in [6, 6.07) is 3.38. The van der Waals surface area contributed by atoms with Crippen LogP contribution in [-0.4, -0.2) is 24.3 Å². The van der Waals surface area contributed by atoms with Crippen LogP contribution in [0.25, 0.3) is 0 Å². The predicted molar refractivity (Wildman–Crippen MR) is 96.6 cm³/mol. The molecule has 4 nitrogen and oxygen atoms in total. The van der Waals surface area contributed by atoms with Gasteiger partial charge in [0.1, 0.15) is 5.60 Å². The van der Waals surface area contributed by atoms with E-state index in [1.165, 1.54) is 0 Å². The second-order valence-corrected chi connectivity index (χ2v) is 7.53. The Kier molecular flexibility index (Phi) is 7.95. The molecule has 1 amide bonds. The zero-order valence-electron chi connectivity index (χ0n) is 13.8. The maximum Gasteiger partial charge on any atom is 0.407 e. The molecule has 1 atom stereocenters. The Morgan fingerprint density at radius 1 is 1.22 bits per heavy atom. The zero-order chi connectivity index (χ0) is 17.6.